The first-order valence-electron chi connectivity index (χ1n) is 8.58. The number of rotatable bonds is 10. The van der Waals surface area contributed by atoms with Crippen LogP contribution in [-0.2, 0) is 0 Å². The van der Waals surface area contributed by atoms with E-state index in [1.54, 1.807) is 0 Å². The highest BCUT2D eigenvalue weighted by atomic mass is 15.5. The molecule has 0 rings (SSSR count). The fourth-order valence-electron chi connectivity index (χ4n) is 2.15. The van der Waals surface area contributed by atoms with Gasteiger partial charge < -0.3 is 0 Å². The molecule has 21 heavy (non-hydrogen) atoms. The predicted octanol–water partition coefficient (Wildman–Crippen LogP) is 4.78. The fourth-order valence-corrected chi connectivity index (χ4v) is 2.15. The van der Waals surface area contributed by atoms with Crippen LogP contribution in [0.15, 0.2) is 12.2 Å². The Bertz CT molecular complexity index is 328. The van der Waals surface area contributed by atoms with E-state index < -0.39 is 0 Å². The van der Waals surface area contributed by atoms with Gasteiger partial charge in [-0.15, -0.1) is 0 Å². The van der Waals surface area contributed by atoms with Gasteiger partial charge in [-0.05, 0) is 40.2 Å². The normalized spacial score (nSPS) is 13.5. The summed E-state index contributed by atoms with van der Waals surface area (Å²) in [5.74, 6) is 6.31. The summed E-state index contributed by atoms with van der Waals surface area (Å²) < 4.78 is 0. The maximum Gasteiger partial charge on any atom is 0.0292 e. The molecule has 2 heteroatoms. The maximum absolute atomic E-state index is 3.49. The number of hydrogen-bond acceptors (Lipinski definition) is 2. The zero-order valence-electron chi connectivity index (χ0n) is 15.1. The van der Waals surface area contributed by atoms with Crippen LogP contribution in [-0.4, -0.2) is 24.1 Å². The van der Waals surface area contributed by atoms with Crippen molar-refractivity contribution < 1.29 is 0 Å². The summed E-state index contributed by atoms with van der Waals surface area (Å²) >= 11 is 0. The molecule has 1 atom stereocenters. The summed E-state index contributed by atoms with van der Waals surface area (Å²) in [7, 11) is 0. The molecular formula is C19H36N2. The second kappa shape index (κ2) is 11.8. The number of hydrogen-bond donors (Lipinski definition) is 1. The van der Waals surface area contributed by atoms with Crippen LogP contribution in [0.1, 0.15) is 73.6 Å². The van der Waals surface area contributed by atoms with E-state index >= 15 is 0 Å². The molecule has 0 amide bonds. The second-order valence-electron chi connectivity index (χ2n) is 6.77. The Morgan fingerprint density at radius 1 is 1.14 bits per heavy atom. The van der Waals surface area contributed by atoms with Gasteiger partial charge in [0.15, 0.2) is 0 Å². The molecule has 0 heterocycles. The second-order valence-corrected chi connectivity index (χ2v) is 6.77. The predicted molar refractivity (Wildman–Crippen MR) is 95.0 cm³/mol. The van der Waals surface area contributed by atoms with E-state index in [1.807, 2.05) is 6.08 Å². The van der Waals surface area contributed by atoms with Gasteiger partial charge in [-0.3, -0.25) is 5.43 Å². The molecule has 0 aliphatic heterocycles. The van der Waals surface area contributed by atoms with E-state index in [1.165, 1.54) is 32.1 Å². The first-order valence-corrected chi connectivity index (χ1v) is 8.58. The molecule has 1 unspecified atom stereocenters. The van der Waals surface area contributed by atoms with Crippen LogP contribution in [0.5, 0.6) is 0 Å². The SMILES string of the molecule is CCCCCCC(C)N(CC)NCC=CC#CC(C)(C)C. The van der Waals surface area contributed by atoms with Gasteiger partial charge in [-0.25, -0.2) is 5.01 Å². The van der Waals surface area contributed by atoms with Crippen LogP contribution in [0.25, 0.3) is 0 Å². The lowest BCUT2D eigenvalue weighted by Gasteiger charge is -2.28. The molecule has 0 aromatic rings. The van der Waals surface area contributed by atoms with E-state index in [0.29, 0.717) is 6.04 Å². The van der Waals surface area contributed by atoms with E-state index in [2.05, 4.69) is 69.9 Å². The van der Waals surface area contributed by atoms with Gasteiger partial charge in [-0.1, -0.05) is 57.4 Å². The molecule has 0 spiro atoms. The number of nitrogens with one attached hydrogen (secondary N) is 1. The minimum absolute atomic E-state index is 0.0836. The third kappa shape index (κ3) is 12.7. The van der Waals surface area contributed by atoms with Crippen molar-refractivity contribution >= 4 is 0 Å². The molecule has 0 aromatic carbocycles. The van der Waals surface area contributed by atoms with E-state index in [-0.39, 0.29) is 5.41 Å². The summed E-state index contributed by atoms with van der Waals surface area (Å²) in [5, 5.41) is 2.34. The molecule has 1 N–H and O–H groups in total. The molecule has 0 saturated carbocycles. The smallest absolute Gasteiger partial charge is 0.0292 e. The van der Waals surface area contributed by atoms with Gasteiger partial charge in [0.2, 0.25) is 0 Å². The van der Waals surface area contributed by atoms with Gasteiger partial charge in [0.25, 0.3) is 0 Å². The highest BCUT2D eigenvalue weighted by Crippen LogP contribution is 2.10. The van der Waals surface area contributed by atoms with Gasteiger partial charge in [0.05, 0.1) is 0 Å². The third-order valence-corrected chi connectivity index (χ3v) is 3.41. The Hall–Kier alpha value is -0.780. The molecule has 0 aliphatic carbocycles. The third-order valence-electron chi connectivity index (χ3n) is 3.41. The first-order chi connectivity index (χ1) is 9.90. The van der Waals surface area contributed by atoms with E-state index in [9.17, 15) is 0 Å². The number of allylic oxidation sites excluding steroid dienone is 1. The maximum atomic E-state index is 3.49. The zero-order valence-corrected chi connectivity index (χ0v) is 15.1. The van der Waals surface area contributed by atoms with E-state index in [4.69, 9.17) is 0 Å². The van der Waals surface area contributed by atoms with Gasteiger partial charge in [0, 0.05) is 24.5 Å². The summed E-state index contributed by atoms with van der Waals surface area (Å²) in [4.78, 5) is 0. The van der Waals surface area contributed by atoms with Crippen molar-refractivity contribution in [3.05, 3.63) is 12.2 Å². The van der Waals surface area contributed by atoms with Crippen LogP contribution < -0.4 is 5.43 Å². The van der Waals surface area contributed by atoms with Crippen LogP contribution >= 0.6 is 0 Å². The Morgan fingerprint density at radius 3 is 2.43 bits per heavy atom. The lowest BCUT2D eigenvalue weighted by Crippen LogP contribution is -2.44. The van der Waals surface area contributed by atoms with Crippen molar-refractivity contribution in [3.8, 4) is 11.8 Å². The van der Waals surface area contributed by atoms with Crippen molar-refractivity contribution in [2.45, 2.75) is 79.7 Å². The Labute approximate surface area is 133 Å². The van der Waals surface area contributed by atoms with Crippen LogP contribution in [0, 0.1) is 17.3 Å². The first kappa shape index (κ1) is 20.2. The number of unbranched alkanes of at least 4 members (excludes halogenated alkanes) is 3. The average Bonchev–Trinajstić information content (AvgIpc) is 2.41. The molecule has 0 bridgehead atoms. The van der Waals surface area contributed by atoms with Crippen LogP contribution in [0.2, 0.25) is 0 Å². The highest BCUT2D eigenvalue weighted by molar-refractivity contribution is 5.19. The van der Waals surface area contributed by atoms with Crippen molar-refractivity contribution in [2.75, 3.05) is 13.1 Å². The Balaban J connectivity index is 3.97. The van der Waals surface area contributed by atoms with Gasteiger partial charge in [-0.2, -0.15) is 0 Å². The van der Waals surface area contributed by atoms with Crippen LogP contribution in [0.4, 0.5) is 0 Å². The summed E-state index contributed by atoms with van der Waals surface area (Å²) in [6, 6.07) is 0.598. The molecule has 0 radical (unpaired) electrons. The highest BCUT2D eigenvalue weighted by Gasteiger charge is 2.10. The molecule has 0 aromatic heterocycles. The standard InChI is InChI=1S/C19H36N2/c1-7-9-10-12-15-18(3)21(8-2)20-17-14-11-13-16-19(4,5)6/h11,14,18,20H,7-10,12,15,17H2,1-6H3. The van der Waals surface area contributed by atoms with Crippen LogP contribution in [0.3, 0.4) is 0 Å². The summed E-state index contributed by atoms with van der Waals surface area (Å²) in [5.41, 5.74) is 3.57. The van der Waals surface area contributed by atoms with Crippen molar-refractivity contribution in [2.24, 2.45) is 5.41 Å². The molecule has 2 nitrogen and oxygen atoms in total. The minimum atomic E-state index is 0.0836. The topological polar surface area (TPSA) is 15.3 Å². The fraction of sp³-hybridized carbons (Fsp3) is 0.789. The zero-order chi connectivity index (χ0) is 16.1. The van der Waals surface area contributed by atoms with Crippen molar-refractivity contribution in [3.63, 3.8) is 0 Å². The molecule has 0 fully saturated rings. The Morgan fingerprint density at radius 2 is 1.86 bits per heavy atom. The number of nitrogens with zero attached hydrogens (tertiary/aromatic N) is 1. The lowest BCUT2D eigenvalue weighted by molar-refractivity contribution is 0.140. The molecule has 0 saturated heterocycles. The van der Waals surface area contributed by atoms with Gasteiger partial charge in [0.1, 0.15) is 0 Å². The quantitative estimate of drug-likeness (QED) is 0.354. The summed E-state index contributed by atoms with van der Waals surface area (Å²) in [6.45, 7) is 15.1. The largest absolute Gasteiger partial charge is 0.251 e. The monoisotopic (exact) mass is 292 g/mol. The average molecular weight is 293 g/mol. The lowest BCUT2D eigenvalue weighted by atomic mass is 9.98. The number of hydrazine groups is 1. The Kier molecular flexibility index (Phi) is 11.4. The molecule has 0 aliphatic rings. The van der Waals surface area contributed by atoms with Crippen molar-refractivity contribution in [1.29, 1.82) is 0 Å². The van der Waals surface area contributed by atoms with Gasteiger partial charge >= 0.3 is 0 Å². The molecule has 122 valence electrons. The summed E-state index contributed by atoms with van der Waals surface area (Å²) in [6.07, 6.45) is 10.7. The molecular weight excluding hydrogens is 256 g/mol. The minimum Gasteiger partial charge on any atom is -0.251 e. The van der Waals surface area contributed by atoms with E-state index in [0.717, 1.165) is 13.1 Å². The van der Waals surface area contributed by atoms with Crippen molar-refractivity contribution in [1.82, 2.24) is 10.4 Å².